The van der Waals surface area contributed by atoms with Crippen LogP contribution in [0.15, 0.2) is 24.3 Å². The Hall–Kier alpha value is 0.0800. The molecule has 150 valence electrons. The Balaban J connectivity index is 3.25. The summed E-state index contributed by atoms with van der Waals surface area (Å²) >= 11 is 0. The number of aryl methyl sites for hydroxylation is 1. The Bertz CT molecular complexity index is 546. The molecule has 2 heteroatoms. The van der Waals surface area contributed by atoms with Gasteiger partial charge in [0.15, 0.2) is 0 Å². The third-order valence-corrected chi connectivity index (χ3v) is 12.3. The van der Waals surface area contributed by atoms with Crippen molar-refractivity contribution >= 4 is 21.1 Å². The smallest absolute Gasteiger partial charge is 0.0134 e. The fraction of sp³-hybridized carbons (Fsp3) is 0.750. The summed E-state index contributed by atoms with van der Waals surface area (Å²) in [7, 11) is -0.286. The van der Waals surface area contributed by atoms with E-state index in [1.54, 1.807) is 10.9 Å². The van der Waals surface area contributed by atoms with E-state index in [1.165, 1.54) is 12.6 Å². The zero-order valence-corrected chi connectivity index (χ0v) is 21.4. The maximum Gasteiger partial charge on any atom is -0.0134 e. The van der Waals surface area contributed by atoms with Gasteiger partial charge in [-0.1, -0.05) is 123 Å². The fourth-order valence-corrected chi connectivity index (χ4v) is 12.6. The van der Waals surface area contributed by atoms with Gasteiger partial charge in [0.25, 0.3) is 0 Å². The van der Waals surface area contributed by atoms with Crippen molar-refractivity contribution in [2.24, 2.45) is 0 Å². The van der Waals surface area contributed by atoms with Crippen molar-refractivity contribution < 1.29 is 0 Å². The normalized spacial score (nSPS) is 14.4. The van der Waals surface area contributed by atoms with Gasteiger partial charge >= 0.3 is 0 Å². The molecule has 0 aliphatic rings. The quantitative estimate of drug-likeness (QED) is 0.454. The highest BCUT2D eigenvalue weighted by atomic mass is 31.1. The van der Waals surface area contributed by atoms with E-state index in [0.717, 1.165) is 0 Å². The molecule has 0 saturated carbocycles. The lowest BCUT2D eigenvalue weighted by atomic mass is 10.2. The predicted octanol–water partition coefficient (Wildman–Crippen LogP) is 8.01. The van der Waals surface area contributed by atoms with E-state index in [0.29, 0.717) is 20.6 Å². The number of hydrogen-bond donors (Lipinski definition) is 0. The molecule has 0 spiro atoms. The average Bonchev–Trinajstić information content (AvgIpc) is 2.34. The molecular formula is C24H44P2. The van der Waals surface area contributed by atoms with Crippen LogP contribution in [0, 0.1) is 0 Å². The molecule has 0 amide bonds. The Labute approximate surface area is 167 Å². The first kappa shape index (κ1) is 24.1. The molecule has 0 nitrogen and oxygen atoms in total. The lowest BCUT2D eigenvalue weighted by molar-refractivity contribution is 0.701. The molecule has 0 aromatic heterocycles. The van der Waals surface area contributed by atoms with Gasteiger partial charge < -0.3 is 0 Å². The van der Waals surface area contributed by atoms with E-state index in [2.05, 4.69) is 107 Å². The summed E-state index contributed by atoms with van der Waals surface area (Å²) in [6.07, 6.45) is 2.55. The van der Waals surface area contributed by atoms with Crippen LogP contribution in [0.4, 0.5) is 0 Å². The molecule has 0 atom stereocenters. The zero-order chi connectivity index (χ0) is 20.6. The summed E-state index contributed by atoms with van der Waals surface area (Å²) in [5.74, 6) is 0. The molecule has 0 bridgehead atoms. The second-order valence-corrected chi connectivity index (χ2v) is 19.4. The van der Waals surface area contributed by atoms with Crippen molar-refractivity contribution in [1.82, 2.24) is 0 Å². The Kier molecular flexibility index (Phi) is 7.62. The largest absolute Gasteiger partial charge is 0.0953 e. The van der Waals surface area contributed by atoms with Crippen LogP contribution in [0.3, 0.4) is 0 Å². The maximum atomic E-state index is 2.44. The van der Waals surface area contributed by atoms with Gasteiger partial charge in [-0.05, 0) is 44.1 Å². The molecule has 26 heavy (non-hydrogen) atoms. The lowest BCUT2D eigenvalue weighted by Crippen LogP contribution is -2.33. The molecule has 0 N–H and O–H groups in total. The molecule has 0 aliphatic carbocycles. The van der Waals surface area contributed by atoms with Crippen molar-refractivity contribution in [1.29, 1.82) is 0 Å². The van der Waals surface area contributed by atoms with Crippen LogP contribution in [0.25, 0.3) is 0 Å². The first-order chi connectivity index (χ1) is 11.5. The van der Waals surface area contributed by atoms with E-state index in [4.69, 9.17) is 0 Å². The second-order valence-electron chi connectivity index (χ2n) is 11.5. The van der Waals surface area contributed by atoms with Gasteiger partial charge in [-0.2, -0.15) is 0 Å². The standard InChI is InChI=1S/C24H44P2/c1-21(2,3)25(22(4,5)6)18-17-19-15-13-14-16-20(19)26(23(7,8)9)24(10,11)12/h13-16H,17-18H2,1-12H3. The zero-order valence-electron chi connectivity index (χ0n) is 19.6. The van der Waals surface area contributed by atoms with E-state index in [-0.39, 0.29) is 15.8 Å². The summed E-state index contributed by atoms with van der Waals surface area (Å²) in [6.45, 7) is 29.2. The van der Waals surface area contributed by atoms with Crippen LogP contribution in [0.5, 0.6) is 0 Å². The van der Waals surface area contributed by atoms with Crippen LogP contribution in [-0.4, -0.2) is 26.8 Å². The molecule has 0 fully saturated rings. The minimum Gasteiger partial charge on any atom is -0.0953 e. The monoisotopic (exact) mass is 394 g/mol. The van der Waals surface area contributed by atoms with Gasteiger partial charge in [-0.15, -0.1) is 0 Å². The van der Waals surface area contributed by atoms with Crippen LogP contribution in [-0.2, 0) is 6.42 Å². The molecule has 0 saturated heterocycles. The topological polar surface area (TPSA) is 0 Å². The first-order valence-electron chi connectivity index (χ1n) is 10.1. The Morgan fingerprint density at radius 1 is 0.615 bits per heavy atom. The van der Waals surface area contributed by atoms with Gasteiger partial charge in [-0.3, -0.25) is 0 Å². The van der Waals surface area contributed by atoms with Crippen molar-refractivity contribution in [3.05, 3.63) is 29.8 Å². The summed E-state index contributed by atoms with van der Waals surface area (Å²) < 4.78 is 0. The molecular weight excluding hydrogens is 350 g/mol. The number of rotatable bonds is 4. The summed E-state index contributed by atoms with van der Waals surface area (Å²) in [5, 5.41) is 3.09. The Morgan fingerprint density at radius 3 is 1.42 bits per heavy atom. The molecule has 1 rings (SSSR count). The van der Waals surface area contributed by atoms with Crippen molar-refractivity contribution in [2.45, 2.75) is 110 Å². The van der Waals surface area contributed by atoms with Gasteiger partial charge in [0.1, 0.15) is 0 Å². The first-order valence-corrected chi connectivity index (χ1v) is 13.0. The second kappa shape index (κ2) is 8.21. The minimum absolute atomic E-state index is 0.0471. The van der Waals surface area contributed by atoms with Crippen LogP contribution in [0.2, 0.25) is 0 Å². The van der Waals surface area contributed by atoms with E-state index >= 15 is 0 Å². The summed E-state index contributed by atoms with van der Waals surface area (Å²) in [6, 6.07) is 9.32. The van der Waals surface area contributed by atoms with Gasteiger partial charge in [-0.25, -0.2) is 0 Å². The highest BCUT2D eigenvalue weighted by Crippen LogP contribution is 2.61. The van der Waals surface area contributed by atoms with Crippen molar-refractivity contribution in [3.8, 4) is 0 Å². The highest BCUT2D eigenvalue weighted by molar-refractivity contribution is 7.68. The van der Waals surface area contributed by atoms with Crippen LogP contribution < -0.4 is 5.30 Å². The molecule has 1 aromatic rings. The molecule has 0 radical (unpaired) electrons. The molecule has 1 aromatic carbocycles. The molecule has 0 unspecified atom stereocenters. The highest BCUT2D eigenvalue weighted by Gasteiger charge is 2.37. The van der Waals surface area contributed by atoms with E-state index < -0.39 is 0 Å². The number of hydrogen-bond acceptors (Lipinski definition) is 0. The van der Waals surface area contributed by atoms with Crippen molar-refractivity contribution in [2.75, 3.05) is 6.16 Å². The summed E-state index contributed by atoms with van der Waals surface area (Å²) in [5.41, 5.74) is 1.60. The van der Waals surface area contributed by atoms with Gasteiger partial charge in [0.05, 0.1) is 0 Å². The minimum atomic E-state index is -0.238. The maximum absolute atomic E-state index is 2.44. The Morgan fingerprint density at radius 2 is 1.04 bits per heavy atom. The van der Waals surface area contributed by atoms with Crippen LogP contribution >= 0.6 is 15.8 Å². The third-order valence-electron chi connectivity index (χ3n) is 4.80. The average molecular weight is 395 g/mol. The van der Waals surface area contributed by atoms with Crippen LogP contribution in [0.1, 0.15) is 88.6 Å². The molecule has 0 heterocycles. The molecule has 0 aliphatic heterocycles. The van der Waals surface area contributed by atoms with E-state index in [1.807, 2.05) is 0 Å². The predicted molar refractivity (Wildman–Crippen MR) is 127 cm³/mol. The van der Waals surface area contributed by atoms with E-state index in [9.17, 15) is 0 Å². The van der Waals surface area contributed by atoms with Gasteiger partial charge in [0.2, 0.25) is 0 Å². The lowest BCUT2D eigenvalue weighted by Gasteiger charge is -2.44. The third kappa shape index (κ3) is 6.60. The summed E-state index contributed by atoms with van der Waals surface area (Å²) in [4.78, 5) is 0. The van der Waals surface area contributed by atoms with Crippen molar-refractivity contribution in [3.63, 3.8) is 0 Å². The fourth-order valence-electron chi connectivity index (χ4n) is 4.58. The SMILES string of the molecule is CC(C)(C)P(CCc1ccccc1P(C(C)(C)C)C(C)(C)C)C(C)(C)C. The number of benzene rings is 1. The van der Waals surface area contributed by atoms with Gasteiger partial charge in [0, 0.05) is 0 Å².